The number of amides is 1. The fraction of sp³-hybridized carbons (Fsp3) is 0.391. The summed E-state index contributed by atoms with van der Waals surface area (Å²) < 4.78 is 16.6. The topological polar surface area (TPSA) is 94.1 Å². The summed E-state index contributed by atoms with van der Waals surface area (Å²) in [4.78, 5) is 25.2. The van der Waals surface area contributed by atoms with Gasteiger partial charge in [-0.15, -0.1) is 11.8 Å². The molecule has 1 amide bonds. The first-order valence-electron chi connectivity index (χ1n) is 10.2. The fourth-order valence-corrected chi connectivity index (χ4v) is 3.48. The Morgan fingerprint density at radius 3 is 2.50 bits per heavy atom. The van der Waals surface area contributed by atoms with Crippen molar-refractivity contribution in [2.24, 2.45) is 5.92 Å². The van der Waals surface area contributed by atoms with E-state index in [-0.39, 0.29) is 31.5 Å². The van der Waals surface area contributed by atoms with Crippen molar-refractivity contribution in [3.63, 3.8) is 0 Å². The second-order valence-electron chi connectivity index (χ2n) is 6.93. The SMILES string of the molecule is CSc1ccc(NC(=O)O[C@H](c2ccccc2OCCO)[C@@H](C)CCOC(=O)CS)cc1. The minimum atomic E-state index is -0.662. The third-order valence-corrected chi connectivity index (χ3v) is 5.63. The first-order valence-corrected chi connectivity index (χ1v) is 12.0. The van der Waals surface area contributed by atoms with Crippen LogP contribution in [0.4, 0.5) is 10.5 Å². The number of thiol groups is 1. The lowest BCUT2D eigenvalue weighted by Crippen LogP contribution is -2.24. The predicted molar refractivity (Wildman–Crippen MR) is 129 cm³/mol. The van der Waals surface area contributed by atoms with Crippen LogP contribution >= 0.6 is 24.4 Å². The van der Waals surface area contributed by atoms with Crippen molar-refractivity contribution in [3.8, 4) is 5.75 Å². The Labute approximate surface area is 198 Å². The highest BCUT2D eigenvalue weighted by Crippen LogP contribution is 2.35. The Bertz CT molecular complexity index is 862. The van der Waals surface area contributed by atoms with Crippen molar-refractivity contribution in [2.45, 2.75) is 24.3 Å². The summed E-state index contributed by atoms with van der Waals surface area (Å²) in [5, 5.41) is 11.9. The van der Waals surface area contributed by atoms with Gasteiger partial charge in [-0.1, -0.05) is 25.1 Å². The van der Waals surface area contributed by atoms with E-state index < -0.39 is 18.2 Å². The molecule has 32 heavy (non-hydrogen) atoms. The average molecular weight is 480 g/mol. The highest BCUT2D eigenvalue weighted by molar-refractivity contribution is 7.98. The van der Waals surface area contributed by atoms with Gasteiger partial charge < -0.3 is 19.3 Å². The van der Waals surface area contributed by atoms with Gasteiger partial charge in [0.25, 0.3) is 0 Å². The molecule has 0 heterocycles. The maximum Gasteiger partial charge on any atom is 0.412 e. The number of nitrogens with one attached hydrogen (secondary N) is 1. The van der Waals surface area contributed by atoms with Crippen LogP contribution in [-0.4, -0.2) is 49.0 Å². The van der Waals surface area contributed by atoms with Crippen LogP contribution in [0.1, 0.15) is 25.0 Å². The number of hydrogen-bond acceptors (Lipinski definition) is 8. The van der Waals surface area contributed by atoms with Crippen LogP contribution in [0.15, 0.2) is 53.4 Å². The molecule has 7 nitrogen and oxygen atoms in total. The maximum atomic E-state index is 12.7. The number of aliphatic hydroxyl groups is 1. The Hall–Kier alpha value is -2.36. The molecule has 0 saturated heterocycles. The molecule has 0 aliphatic heterocycles. The number of carbonyl (C=O) groups excluding carboxylic acids is 2. The number of para-hydroxylation sites is 1. The van der Waals surface area contributed by atoms with Crippen LogP contribution in [0.2, 0.25) is 0 Å². The van der Waals surface area contributed by atoms with E-state index in [0.29, 0.717) is 23.4 Å². The van der Waals surface area contributed by atoms with Gasteiger partial charge in [0, 0.05) is 22.1 Å². The van der Waals surface area contributed by atoms with E-state index in [9.17, 15) is 9.59 Å². The van der Waals surface area contributed by atoms with Crippen LogP contribution in [0.25, 0.3) is 0 Å². The molecular weight excluding hydrogens is 450 g/mol. The van der Waals surface area contributed by atoms with Gasteiger partial charge in [0.2, 0.25) is 0 Å². The molecule has 0 radical (unpaired) electrons. The Morgan fingerprint density at radius 1 is 1.12 bits per heavy atom. The molecule has 0 aromatic heterocycles. The molecule has 0 bridgehead atoms. The lowest BCUT2D eigenvalue weighted by molar-refractivity contribution is -0.141. The number of hydrogen-bond donors (Lipinski definition) is 3. The smallest absolute Gasteiger partial charge is 0.412 e. The van der Waals surface area contributed by atoms with Crippen molar-refractivity contribution < 1.29 is 28.9 Å². The molecule has 0 unspecified atom stereocenters. The Balaban J connectivity index is 2.17. The van der Waals surface area contributed by atoms with E-state index in [1.165, 1.54) is 0 Å². The molecule has 0 fully saturated rings. The summed E-state index contributed by atoms with van der Waals surface area (Å²) in [7, 11) is 0. The zero-order valence-corrected chi connectivity index (χ0v) is 19.9. The van der Waals surface area contributed by atoms with Crippen molar-refractivity contribution in [1.82, 2.24) is 0 Å². The molecule has 2 atom stereocenters. The number of rotatable bonds is 12. The third kappa shape index (κ3) is 8.29. The van der Waals surface area contributed by atoms with E-state index in [1.54, 1.807) is 36.0 Å². The monoisotopic (exact) mass is 479 g/mol. The van der Waals surface area contributed by atoms with E-state index in [1.807, 2.05) is 37.4 Å². The van der Waals surface area contributed by atoms with Crippen molar-refractivity contribution in [1.29, 1.82) is 0 Å². The maximum absolute atomic E-state index is 12.7. The summed E-state index contributed by atoms with van der Waals surface area (Å²) in [5.41, 5.74) is 1.29. The molecule has 2 aromatic rings. The zero-order valence-electron chi connectivity index (χ0n) is 18.2. The molecule has 2 rings (SSSR count). The van der Waals surface area contributed by atoms with Gasteiger partial charge in [-0.2, -0.15) is 12.6 Å². The normalized spacial score (nSPS) is 12.5. The van der Waals surface area contributed by atoms with Gasteiger partial charge in [-0.25, -0.2) is 4.79 Å². The molecule has 2 aromatic carbocycles. The lowest BCUT2D eigenvalue weighted by Gasteiger charge is -2.26. The largest absolute Gasteiger partial charge is 0.491 e. The van der Waals surface area contributed by atoms with Crippen LogP contribution in [-0.2, 0) is 14.3 Å². The first kappa shape index (κ1) is 25.9. The number of aliphatic hydroxyl groups excluding tert-OH is 1. The van der Waals surface area contributed by atoms with Gasteiger partial charge in [-0.05, 0) is 43.0 Å². The van der Waals surface area contributed by atoms with Crippen LogP contribution in [0, 0.1) is 5.92 Å². The summed E-state index contributed by atoms with van der Waals surface area (Å²) in [5.74, 6) is -0.0747. The second kappa shape index (κ2) is 13.9. The van der Waals surface area contributed by atoms with Gasteiger partial charge in [0.1, 0.15) is 18.5 Å². The van der Waals surface area contributed by atoms with E-state index in [4.69, 9.17) is 19.3 Å². The van der Waals surface area contributed by atoms with Crippen LogP contribution in [0.3, 0.4) is 0 Å². The van der Waals surface area contributed by atoms with E-state index >= 15 is 0 Å². The number of anilines is 1. The minimum Gasteiger partial charge on any atom is -0.491 e. The average Bonchev–Trinajstić information content (AvgIpc) is 2.81. The zero-order chi connectivity index (χ0) is 23.3. The van der Waals surface area contributed by atoms with Crippen LogP contribution < -0.4 is 10.1 Å². The van der Waals surface area contributed by atoms with Gasteiger partial charge >= 0.3 is 12.1 Å². The summed E-state index contributed by atoms with van der Waals surface area (Å²) >= 11 is 5.51. The molecule has 0 aliphatic rings. The number of benzene rings is 2. The number of carbonyl (C=O) groups is 2. The minimum absolute atomic E-state index is 0.00385. The standard InChI is InChI=1S/C23H29NO6S2/c1-16(11-13-29-21(26)15-31)22(19-5-3-4-6-20(19)28-14-12-25)30-23(27)24-17-7-9-18(32-2)10-8-17/h3-10,16,22,25,31H,11-15H2,1-2H3,(H,24,27)/t16-,22-/m0/s1. The van der Waals surface area contributed by atoms with Crippen LogP contribution in [0.5, 0.6) is 5.75 Å². The molecule has 2 N–H and O–H groups in total. The molecule has 0 aliphatic carbocycles. The summed E-state index contributed by atoms with van der Waals surface area (Å²) in [6, 6.07) is 14.6. The quantitative estimate of drug-likeness (QED) is 0.233. The Kier molecular flexibility index (Phi) is 11.3. The molecule has 0 saturated carbocycles. The van der Waals surface area contributed by atoms with Crippen molar-refractivity contribution in [3.05, 3.63) is 54.1 Å². The predicted octanol–water partition coefficient (Wildman–Crippen LogP) is 4.57. The van der Waals surface area contributed by atoms with E-state index in [2.05, 4.69) is 17.9 Å². The molecule has 174 valence electrons. The molecule has 0 spiro atoms. The fourth-order valence-electron chi connectivity index (χ4n) is 2.98. The third-order valence-electron chi connectivity index (χ3n) is 4.63. The van der Waals surface area contributed by atoms with Gasteiger partial charge in [-0.3, -0.25) is 10.1 Å². The van der Waals surface area contributed by atoms with E-state index in [0.717, 1.165) is 4.90 Å². The molecule has 9 heteroatoms. The summed E-state index contributed by atoms with van der Waals surface area (Å²) in [6.07, 6.45) is 1.17. The second-order valence-corrected chi connectivity index (χ2v) is 8.13. The van der Waals surface area contributed by atoms with Crippen molar-refractivity contribution >= 4 is 42.1 Å². The van der Waals surface area contributed by atoms with Gasteiger partial charge in [0.05, 0.1) is 19.0 Å². The Morgan fingerprint density at radius 2 is 1.84 bits per heavy atom. The first-order chi connectivity index (χ1) is 15.5. The van der Waals surface area contributed by atoms with Gasteiger partial charge in [0.15, 0.2) is 0 Å². The van der Waals surface area contributed by atoms with Crippen molar-refractivity contribution in [2.75, 3.05) is 37.1 Å². The highest BCUT2D eigenvalue weighted by atomic mass is 32.2. The lowest BCUT2D eigenvalue weighted by atomic mass is 9.94. The molecular formula is C23H29NO6S2. The number of thioether (sulfide) groups is 1. The highest BCUT2D eigenvalue weighted by Gasteiger charge is 2.27. The number of ether oxygens (including phenoxy) is 3. The number of esters is 1. The summed E-state index contributed by atoms with van der Waals surface area (Å²) in [6.45, 7) is 2.06.